The Labute approximate surface area is 79.9 Å². The topological polar surface area (TPSA) is 43.8 Å². The molecular formula is C10H19N3. The second-order valence-corrected chi connectivity index (χ2v) is 3.71. The monoisotopic (exact) mass is 181 g/mol. The third-order valence-electron chi connectivity index (χ3n) is 2.56. The van der Waals surface area contributed by atoms with Crippen LogP contribution < -0.4 is 5.73 Å². The van der Waals surface area contributed by atoms with E-state index in [1.54, 1.807) is 4.68 Å². The van der Waals surface area contributed by atoms with Crippen LogP contribution in [0.4, 0.5) is 5.82 Å². The van der Waals surface area contributed by atoms with Gasteiger partial charge in [0.05, 0.1) is 5.69 Å². The fraction of sp³-hybridized carbons (Fsp3) is 0.700. The first-order valence-electron chi connectivity index (χ1n) is 4.86. The van der Waals surface area contributed by atoms with Crippen molar-refractivity contribution in [3.8, 4) is 0 Å². The second-order valence-electron chi connectivity index (χ2n) is 3.71. The average molecular weight is 181 g/mol. The largest absolute Gasteiger partial charge is 0.384 e. The van der Waals surface area contributed by atoms with Crippen LogP contribution >= 0.6 is 0 Å². The zero-order chi connectivity index (χ0) is 10.0. The first kappa shape index (κ1) is 10.1. The minimum atomic E-state index is 0.522. The maximum atomic E-state index is 5.84. The van der Waals surface area contributed by atoms with Gasteiger partial charge in [-0.25, -0.2) is 0 Å². The number of hydrogen-bond acceptors (Lipinski definition) is 2. The van der Waals surface area contributed by atoms with Crippen LogP contribution in [0, 0.1) is 6.92 Å². The van der Waals surface area contributed by atoms with Gasteiger partial charge in [-0.2, -0.15) is 5.10 Å². The highest BCUT2D eigenvalue weighted by atomic mass is 15.3. The van der Waals surface area contributed by atoms with Crippen LogP contribution in [-0.2, 0) is 7.05 Å². The lowest BCUT2D eigenvalue weighted by Gasteiger charge is -2.06. The Balaban J connectivity index is 2.94. The van der Waals surface area contributed by atoms with Crippen molar-refractivity contribution in [3.63, 3.8) is 0 Å². The molecule has 2 N–H and O–H groups in total. The zero-order valence-electron chi connectivity index (χ0n) is 8.96. The van der Waals surface area contributed by atoms with Crippen LogP contribution in [0.25, 0.3) is 0 Å². The van der Waals surface area contributed by atoms with E-state index in [-0.39, 0.29) is 0 Å². The molecular weight excluding hydrogens is 162 g/mol. The number of hydrogen-bond donors (Lipinski definition) is 1. The van der Waals surface area contributed by atoms with Gasteiger partial charge in [-0.05, 0) is 13.3 Å². The third kappa shape index (κ3) is 1.85. The van der Waals surface area contributed by atoms with E-state index in [1.165, 1.54) is 12.8 Å². The summed E-state index contributed by atoms with van der Waals surface area (Å²) in [5, 5.41) is 4.42. The molecule has 1 atom stereocenters. The molecule has 0 fully saturated rings. The first-order chi connectivity index (χ1) is 6.07. The maximum Gasteiger partial charge on any atom is 0.124 e. The van der Waals surface area contributed by atoms with Crippen LogP contribution in [-0.4, -0.2) is 9.78 Å². The van der Waals surface area contributed by atoms with Gasteiger partial charge in [0, 0.05) is 18.5 Å². The summed E-state index contributed by atoms with van der Waals surface area (Å²) in [5.41, 5.74) is 8.13. The van der Waals surface area contributed by atoms with Gasteiger partial charge < -0.3 is 5.73 Å². The summed E-state index contributed by atoms with van der Waals surface area (Å²) in [5.74, 6) is 1.31. The standard InChI is InChI=1S/C10H19N3/c1-5-6-7(2)9-8(3)10(11)13(4)12-9/h7H,5-6,11H2,1-4H3. The Kier molecular flexibility index (Phi) is 2.96. The Bertz CT molecular complexity index is 289. The number of aromatic nitrogens is 2. The maximum absolute atomic E-state index is 5.84. The van der Waals surface area contributed by atoms with Gasteiger partial charge in [-0.3, -0.25) is 4.68 Å². The van der Waals surface area contributed by atoms with Crippen molar-refractivity contribution >= 4 is 5.82 Å². The molecule has 1 aromatic heterocycles. The Hall–Kier alpha value is -0.990. The van der Waals surface area contributed by atoms with E-state index >= 15 is 0 Å². The first-order valence-corrected chi connectivity index (χ1v) is 4.86. The quantitative estimate of drug-likeness (QED) is 0.777. The second kappa shape index (κ2) is 3.81. The SMILES string of the molecule is CCCC(C)c1nn(C)c(N)c1C. The van der Waals surface area contributed by atoms with E-state index < -0.39 is 0 Å². The van der Waals surface area contributed by atoms with E-state index in [4.69, 9.17) is 5.73 Å². The molecule has 0 saturated carbocycles. The van der Waals surface area contributed by atoms with Crippen molar-refractivity contribution < 1.29 is 0 Å². The van der Waals surface area contributed by atoms with Crippen LogP contribution in [0.1, 0.15) is 43.9 Å². The van der Waals surface area contributed by atoms with Crippen molar-refractivity contribution in [1.82, 2.24) is 9.78 Å². The summed E-state index contributed by atoms with van der Waals surface area (Å²) < 4.78 is 1.76. The summed E-state index contributed by atoms with van der Waals surface area (Å²) in [7, 11) is 1.89. The predicted molar refractivity (Wildman–Crippen MR) is 55.7 cm³/mol. The minimum Gasteiger partial charge on any atom is -0.384 e. The van der Waals surface area contributed by atoms with E-state index in [2.05, 4.69) is 18.9 Å². The van der Waals surface area contributed by atoms with E-state index in [0.717, 1.165) is 17.1 Å². The predicted octanol–water partition coefficient (Wildman–Crippen LogP) is 2.21. The Morgan fingerprint density at radius 2 is 2.15 bits per heavy atom. The summed E-state index contributed by atoms with van der Waals surface area (Å²) in [4.78, 5) is 0. The number of nitrogen functional groups attached to an aromatic ring is 1. The zero-order valence-corrected chi connectivity index (χ0v) is 8.96. The summed E-state index contributed by atoms with van der Waals surface area (Å²) in [6.45, 7) is 6.44. The lowest BCUT2D eigenvalue weighted by molar-refractivity contribution is 0.624. The number of nitrogens with zero attached hydrogens (tertiary/aromatic N) is 2. The average Bonchev–Trinajstić information content (AvgIpc) is 2.33. The Morgan fingerprint density at radius 1 is 1.54 bits per heavy atom. The molecule has 3 nitrogen and oxygen atoms in total. The highest BCUT2D eigenvalue weighted by molar-refractivity contribution is 5.43. The smallest absolute Gasteiger partial charge is 0.124 e. The molecule has 3 heteroatoms. The van der Waals surface area contributed by atoms with Gasteiger partial charge in [-0.15, -0.1) is 0 Å². The van der Waals surface area contributed by atoms with Crippen LogP contribution in [0.3, 0.4) is 0 Å². The molecule has 74 valence electrons. The Morgan fingerprint density at radius 3 is 2.54 bits per heavy atom. The summed E-state index contributed by atoms with van der Waals surface area (Å²) in [6.07, 6.45) is 2.37. The normalized spacial score (nSPS) is 13.2. The molecule has 0 spiro atoms. The fourth-order valence-electron chi connectivity index (χ4n) is 1.70. The molecule has 0 aliphatic rings. The van der Waals surface area contributed by atoms with Crippen molar-refractivity contribution in [1.29, 1.82) is 0 Å². The van der Waals surface area contributed by atoms with Crippen LogP contribution in [0.2, 0.25) is 0 Å². The highest BCUT2D eigenvalue weighted by Gasteiger charge is 2.14. The lowest BCUT2D eigenvalue weighted by Crippen LogP contribution is -1.98. The van der Waals surface area contributed by atoms with Gasteiger partial charge in [-0.1, -0.05) is 20.3 Å². The molecule has 0 saturated heterocycles. The number of aryl methyl sites for hydroxylation is 1. The molecule has 0 aromatic carbocycles. The molecule has 1 rings (SSSR count). The van der Waals surface area contributed by atoms with E-state index in [0.29, 0.717) is 5.92 Å². The molecule has 0 amide bonds. The number of anilines is 1. The number of nitrogens with two attached hydrogens (primary N) is 1. The molecule has 1 heterocycles. The molecule has 1 aromatic rings. The van der Waals surface area contributed by atoms with Crippen molar-refractivity contribution in [2.24, 2.45) is 7.05 Å². The van der Waals surface area contributed by atoms with Crippen molar-refractivity contribution in [2.45, 2.75) is 39.5 Å². The van der Waals surface area contributed by atoms with Gasteiger partial charge in [0.1, 0.15) is 5.82 Å². The summed E-state index contributed by atoms with van der Waals surface area (Å²) in [6, 6.07) is 0. The van der Waals surface area contributed by atoms with Crippen molar-refractivity contribution in [3.05, 3.63) is 11.3 Å². The molecule has 0 radical (unpaired) electrons. The third-order valence-corrected chi connectivity index (χ3v) is 2.56. The van der Waals surface area contributed by atoms with Gasteiger partial charge in [0.2, 0.25) is 0 Å². The molecule has 13 heavy (non-hydrogen) atoms. The van der Waals surface area contributed by atoms with Crippen LogP contribution in [0.15, 0.2) is 0 Å². The lowest BCUT2D eigenvalue weighted by atomic mass is 9.99. The molecule has 0 aliphatic heterocycles. The number of rotatable bonds is 3. The van der Waals surface area contributed by atoms with Gasteiger partial charge in [0.15, 0.2) is 0 Å². The molecule has 0 bridgehead atoms. The van der Waals surface area contributed by atoms with E-state index in [1.807, 2.05) is 14.0 Å². The molecule has 1 unspecified atom stereocenters. The highest BCUT2D eigenvalue weighted by Crippen LogP contribution is 2.25. The van der Waals surface area contributed by atoms with Gasteiger partial charge in [0.25, 0.3) is 0 Å². The molecule has 0 aliphatic carbocycles. The van der Waals surface area contributed by atoms with Crippen molar-refractivity contribution in [2.75, 3.05) is 5.73 Å². The summed E-state index contributed by atoms with van der Waals surface area (Å²) >= 11 is 0. The van der Waals surface area contributed by atoms with Crippen LogP contribution in [0.5, 0.6) is 0 Å². The fourth-order valence-corrected chi connectivity index (χ4v) is 1.70. The van der Waals surface area contributed by atoms with E-state index in [9.17, 15) is 0 Å². The minimum absolute atomic E-state index is 0.522. The van der Waals surface area contributed by atoms with Gasteiger partial charge >= 0.3 is 0 Å².